The highest BCUT2D eigenvalue weighted by atomic mass is 16.5. The third-order valence-corrected chi connectivity index (χ3v) is 3.91. The van der Waals surface area contributed by atoms with Crippen molar-refractivity contribution in [3.8, 4) is 5.75 Å². The molecule has 0 aliphatic heterocycles. The van der Waals surface area contributed by atoms with E-state index in [1.165, 1.54) is 6.07 Å². The minimum absolute atomic E-state index is 0.164. The molecule has 0 aliphatic rings. The molecule has 0 saturated heterocycles. The maximum absolute atomic E-state index is 12.3. The number of H-pyrrole nitrogens is 2. The molecular formula is C18H17N3O4. The second-order valence-electron chi connectivity index (χ2n) is 5.50. The fraction of sp³-hybridized carbons (Fsp3) is 0.167. The van der Waals surface area contributed by atoms with Gasteiger partial charge in [0.25, 0.3) is 11.1 Å². The molecule has 128 valence electrons. The summed E-state index contributed by atoms with van der Waals surface area (Å²) in [5, 5.41) is 7.63. The molecule has 0 bridgehead atoms. The Morgan fingerprint density at radius 2 is 1.80 bits per heavy atom. The molecule has 0 radical (unpaired) electrons. The number of rotatable bonds is 5. The lowest BCUT2D eigenvalue weighted by Gasteiger charge is -2.09. The molecule has 1 aromatic heterocycles. The first-order valence-electron chi connectivity index (χ1n) is 7.75. The molecule has 25 heavy (non-hydrogen) atoms. The van der Waals surface area contributed by atoms with E-state index in [9.17, 15) is 14.4 Å². The average molecular weight is 339 g/mol. The van der Waals surface area contributed by atoms with Crippen LogP contribution in [0.25, 0.3) is 10.8 Å². The number of nitrogens with one attached hydrogen (secondary N) is 3. The maximum Gasteiger partial charge on any atom is 0.272 e. The zero-order valence-electron chi connectivity index (χ0n) is 13.6. The molecule has 0 aliphatic carbocycles. The van der Waals surface area contributed by atoms with E-state index >= 15 is 0 Å². The fourth-order valence-electron chi connectivity index (χ4n) is 2.70. The highest BCUT2D eigenvalue weighted by molar-refractivity contribution is 6.01. The molecule has 0 spiro atoms. The van der Waals surface area contributed by atoms with Crippen LogP contribution < -0.4 is 21.2 Å². The fourth-order valence-corrected chi connectivity index (χ4v) is 2.70. The number of ether oxygens (including phenoxy) is 1. The van der Waals surface area contributed by atoms with Gasteiger partial charge in [0.15, 0.2) is 0 Å². The summed E-state index contributed by atoms with van der Waals surface area (Å²) < 4.78 is 5.27. The van der Waals surface area contributed by atoms with E-state index in [0.29, 0.717) is 12.1 Å². The van der Waals surface area contributed by atoms with Crippen LogP contribution in [0.1, 0.15) is 12.0 Å². The van der Waals surface area contributed by atoms with Gasteiger partial charge in [-0.1, -0.05) is 24.3 Å². The number of para-hydroxylation sites is 1. The van der Waals surface area contributed by atoms with Crippen LogP contribution in [-0.2, 0) is 11.2 Å². The Bertz CT molecular complexity index is 1040. The average Bonchev–Trinajstić information content (AvgIpc) is 2.63. The summed E-state index contributed by atoms with van der Waals surface area (Å²) in [7, 11) is 1.58. The Hall–Kier alpha value is -3.35. The first-order chi connectivity index (χ1) is 12.1. The second kappa shape index (κ2) is 7.04. The van der Waals surface area contributed by atoms with Gasteiger partial charge in [-0.15, -0.1) is 0 Å². The Morgan fingerprint density at radius 3 is 2.60 bits per heavy atom. The summed E-state index contributed by atoms with van der Waals surface area (Å²) in [5.41, 5.74) is 0.359. The van der Waals surface area contributed by atoms with E-state index in [1.807, 2.05) is 24.3 Å². The summed E-state index contributed by atoms with van der Waals surface area (Å²) in [6.45, 7) is 0. The predicted molar refractivity (Wildman–Crippen MR) is 95.1 cm³/mol. The molecule has 0 fully saturated rings. The van der Waals surface area contributed by atoms with E-state index in [0.717, 1.165) is 11.3 Å². The summed E-state index contributed by atoms with van der Waals surface area (Å²) in [4.78, 5) is 36.1. The monoisotopic (exact) mass is 339 g/mol. The van der Waals surface area contributed by atoms with Gasteiger partial charge in [0.05, 0.1) is 23.6 Å². The SMILES string of the molecule is COc1ccccc1CCC(=O)Nc1cccc2c(=O)[nH][nH]c(=O)c12. The minimum atomic E-state index is -0.463. The van der Waals surface area contributed by atoms with Gasteiger partial charge in [0, 0.05) is 6.42 Å². The van der Waals surface area contributed by atoms with Gasteiger partial charge in [-0.25, -0.2) is 0 Å². The first kappa shape index (κ1) is 16.5. The van der Waals surface area contributed by atoms with Crippen LogP contribution in [0.2, 0.25) is 0 Å². The van der Waals surface area contributed by atoms with Gasteiger partial charge in [-0.2, -0.15) is 0 Å². The number of aromatic nitrogens is 2. The molecule has 7 nitrogen and oxygen atoms in total. The Morgan fingerprint density at radius 1 is 1.04 bits per heavy atom. The number of benzene rings is 2. The number of hydrogen-bond acceptors (Lipinski definition) is 4. The standard InChI is InChI=1S/C18H17N3O4/c1-25-14-8-3-2-5-11(14)9-10-15(22)19-13-7-4-6-12-16(13)18(24)21-20-17(12)23/h2-8H,9-10H2,1H3,(H,19,22)(H,20,23)(H,21,24). The van der Waals surface area contributed by atoms with Crippen LogP contribution in [0.3, 0.4) is 0 Å². The van der Waals surface area contributed by atoms with Crippen molar-refractivity contribution >= 4 is 22.4 Å². The number of anilines is 1. The van der Waals surface area contributed by atoms with Gasteiger partial charge in [-0.3, -0.25) is 24.6 Å². The van der Waals surface area contributed by atoms with E-state index in [1.54, 1.807) is 19.2 Å². The molecule has 2 aromatic carbocycles. The Kier molecular flexibility index (Phi) is 4.65. The predicted octanol–water partition coefficient (Wildman–Crippen LogP) is 1.80. The first-order valence-corrected chi connectivity index (χ1v) is 7.75. The van der Waals surface area contributed by atoms with Crippen molar-refractivity contribution in [3.63, 3.8) is 0 Å². The summed E-state index contributed by atoms with van der Waals surface area (Å²) >= 11 is 0. The zero-order chi connectivity index (χ0) is 17.8. The van der Waals surface area contributed by atoms with Crippen molar-refractivity contribution < 1.29 is 9.53 Å². The normalized spacial score (nSPS) is 10.6. The molecular weight excluding hydrogens is 322 g/mol. The zero-order valence-corrected chi connectivity index (χ0v) is 13.6. The van der Waals surface area contributed by atoms with Crippen LogP contribution in [-0.4, -0.2) is 23.2 Å². The van der Waals surface area contributed by atoms with Crippen molar-refractivity contribution in [1.82, 2.24) is 10.2 Å². The van der Waals surface area contributed by atoms with Crippen LogP contribution >= 0.6 is 0 Å². The van der Waals surface area contributed by atoms with E-state index in [4.69, 9.17) is 4.74 Å². The van der Waals surface area contributed by atoms with E-state index in [2.05, 4.69) is 15.5 Å². The lowest BCUT2D eigenvalue weighted by atomic mass is 10.1. The van der Waals surface area contributed by atoms with Crippen molar-refractivity contribution in [1.29, 1.82) is 0 Å². The molecule has 3 aromatic rings. The van der Waals surface area contributed by atoms with Gasteiger partial charge in [0.1, 0.15) is 5.75 Å². The number of carbonyl (C=O) groups is 1. The third kappa shape index (κ3) is 3.45. The van der Waals surface area contributed by atoms with Crippen LogP contribution in [0, 0.1) is 0 Å². The number of methoxy groups -OCH3 is 1. The number of fused-ring (bicyclic) bond motifs is 1. The number of amides is 1. The van der Waals surface area contributed by atoms with Gasteiger partial charge in [0.2, 0.25) is 5.91 Å². The lowest BCUT2D eigenvalue weighted by molar-refractivity contribution is -0.116. The van der Waals surface area contributed by atoms with Crippen molar-refractivity contribution in [2.24, 2.45) is 0 Å². The summed E-state index contributed by atoms with van der Waals surface area (Å²) in [6, 6.07) is 12.2. The number of hydrogen-bond donors (Lipinski definition) is 3. The van der Waals surface area contributed by atoms with Gasteiger partial charge >= 0.3 is 0 Å². The highest BCUT2D eigenvalue weighted by Crippen LogP contribution is 2.20. The van der Waals surface area contributed by atoms with E-state index in [-0.39, 0.29) is 23.1 Å². The van der Waals surface area contributed by atoms with Crippen LogP contribution in [0.15, 0.2) is 52.1 Å². The van der Waals surface area contributed by atoms with Crippen molar-refractivity contribution in [3.05, 3.63) is 68.7 Å². The molecule has 3 rings (SSSR count). The summed E-state index contributed by atoms with van der Waals surface area (Å²) in [6.07, 6.45) is 0.718. The number of aryl methyl sites for hydroxylation is 1. The highest BCUT2D eigenvalue weighted by Gasteiger charge is 2.11. The lowest BCUT2D eigenvalue weighted by Crippen LogP contribution is -2.21. The molecule has 3 N–H and O–H groups in total. The van der Waals surface area contributed by atoms with Gasteiger partial charge in [-0.05, 0) is 30.2 Å². The van der Waals surface area contributed by atoms with Crippen molar-refractivity contribution in [2.75, 3.05) is 12.4 Å². The Labute approximate surface area is 142 Å². The topological polar surface area (TPSA) is 104 Å². The number of carbonyl (C=O) groups excluding carboxylic acids is 1. The van der Waals surface area contributed by atoms with Crippen LogP contribution in [0.4, 0.5) is 5.69 Å². The second-order valence-corrected chi connectivity index (χ2v) is 5.50. The molecule has 0 atom stereocenters. The van der Waals surface area contributed by atoms with Gasteiger partial charge < -0.3 is 10.1 Å². The maximum atomic E-state index is 12.3. The number of aromatic amines is 2. The van der Waals surface area contributed by atoms with Crippen molar-refractivity contribution in [2.45, 2.75) is 12.8 Å². The Balaban J connectivity index is 1.80. The molecule has 1 amide bonds. The molecule has 0 unspecified atom stereocenters. The molecule has 7 heteroatoms. The minimum Gasteiger partial charge on any atom is -0.496 e. The molecule has 0 saturated carbocycles. The smallest absolute Gasteiger partial charge is 0.272 e. The van der Waals surface area contributed by atoms with Crippen LogP contribution in [0.5, 0.6) is 5.75 Å². The quantitative estimate of drug-likeness (QED) is 0.659. The summed E-state index contributed by atoms with van der Waals surface area (Å²) in [5.74, 6) is 0.474. The third-order valence-electron chi connectivity index (χ3n) is 3.91. The largest absolute Gasteiger partial charge is 0.496 e. The van der Waals surface area contributed by atoms with E-state index < -0.39 is 11.1 Å². The molecule has 1 heterocycles.